The predicted molar refractivity (Wildman–Crippen MR) is 79.6 cm³/mol. The highest BCUT2D eigenvalue weighted by molar-refractivity contribution is 7.90. The Hall–Kier alpha value is -2.41. The van der Waals surface area contributed by atoms with Crippen molar-refractivity contribution in [2.24, 2.45) is 0 Å². The zero-order valence-electron chi connectivity index (χ0n) is 11.4. The summed E-state index contributed by atoms with van der Waals surface area (Å²) in [6, 6.07) is 9.24. The molecule has 0 bridgehead atoms. The van der Waals surface area contributed by atoms with Crippen molar-refractivity contribution >= 4 is 21.6 Å². The number of anilines is 1. The van der Waals surface area contributed by atoms with Crippen LogP contribution in [0.15, 0.2) is 53.7 Å². The molecule has 110 valence electrons. The van der Waals surface area contributed by atoms with Crippen LogP contribution in [0.3, 0.4) is 0 Å². The van der Waals surface area contributed by atoms with E-state index in [0.29, 0.717) is 12.2 Å². The lowest BCUT2D eigenvalue weighted by molar-refractivity contribution is 0.251. The molecule has 7 heteroatoms. The summed E-state index contributed by atoms with van der Waals surface area (Å²) in [4.78, 5) is 15.8. The van der Waals surface area contributed by atoms with Crippen molar-refractivity contribution in [3.63, 3.8) is 0 Å². The molecule has 0 saturated carbocycles. The van der Waals surface area contributed by atoms with Crippen molar-refractivity contribution < 1.29 is 13.2 Å². The van der Waals surface area contributed by atoms with Crippen LogP contribution in [-0.4, -0.2) is 25.7 Å². The van der Waals surface area contributed by atoms with Gasteiger partial charge in [-0.25, -0.2) is 13.2 Å². The average Bonchev–Trinajstić information content (AvgIpc) is 2.46. The van der Waals surface area contributed by atoms with E-state index >= 15 is 0 Å². The lowest BCUT2D eigenvalue weighted by Gasteiger charge is -2.08. The van der Waals surface area contributed by atoms with Crippen LogP contribution in [0.25, 0.3) is 0 Å². The van der Waals surface area contributed by atoms with Crippen molar-refractivity contribution in [3.8, 4) is 0 Å². The summed E-state index contributed by atoms with van der Waals surface area (Å²) >= 11 is 0. The summed E-state index contributed by atoms with van der Waals surface area (Å²) < 4.78 is 22.6. The molecule has 0 atom stereocenters. The summed E-state index contributed by atoms with van der Waals surface area (Å²) in [5.74, 6) is 0. The normalized spacial score (nSPS) is 10.9. The molecule has 0 aliphatic heterocycles. The molecule has 21 heavy (non-hydrogen) atoms. The quantitative estimate of drug-likeness (QED) is 0.901. The molecule has 1 heterocycles. The molecule has 0 fully saturated rings. The van der Waals surface area contributed by atoms with Crippen LogP contribution in [0.2, 0.25) is 0 Å². The Morgan fingerprint density at radius 3 is 2.29 bits per heavy atom. The van der Waals surface area contributed by atoms with Crippen LogP contribution in [0, 0.1) is 0 Å². The van der Waals surface area contributed by atoms with E-state index in [2.05, 4.69) is 15.6 Å². The first-order valence-electron chi connectivity index (χ1n) is 6.19. The van der Waals surface area contributed by atoms with Gasteiger partial charge in [-0.3, -0.25) is 4.98 Å². The molecule has 2 aromatic rings. The first-order valence-corrected chi connectivity index (χ1v) is 8.08. The number of rotatable bonds is 4. The summed E-state index contributed by atoms with van der Waals surface area (Å²) in [7, 11) is -3.23. The molecule has 0 saturated heterocycles. The number of carbonyl (C=O) groups excluding carboxylic acids is 1. The molecule has 0 aliphatic carbocycles. The van der Waals surface area contributed by atoms with Gasteiger partial charge in [-0.15, -0.1) is 0 Å². The predicted octanol–water partition coefficient (Wildman–Crippen LogP) is 1.81. The SMILES string of the molecule is CS(=O)(=O)c1ccc(NC(=O)NCc2ccncc2)cc1. The molecule has 1 aromatic heterocycles. The number of urea groups is 1. The lowest BCUT2D eigenvalue weighted by atomic mass is 10.3. The van der Waals surface area contributed by atoms with Crippen LogP contribution >= 0.6 is 0 Å². The van der Waals surface area contributed by atoms with Crippen molar-refractivity contribution in [2.45, 2.75) is 11.4 Å². The number of pyridine rings is 1. The third-order valence-corrected chi connectivity index (χ3v) is 3.87. The number of amides is 2. The van der Waals surface area contributed by atoms with Crippen LogP contribution in [0.5, 0.6) is 0 Å². The molecule has 2 rings (SSSR count). The highest BCUT2D eigenvalue weighted by Gasteiger charge is 2.07. The second-order valence-electron chi connectivity index (χ2n) is 4.46. The number of nitrogens with one attached hydrogen (secondary N) is 2. The Balaban J connectivity index is 1.91. The highest BCUT2D eigenvalue weighted by atomic mass is 32.2. The number of aromatic nitrogens is 1. The molecule has 1 aromatic carbocycles. The Kier molecular flexibility index (Phi) is 4.54. The van der Waals surface area contributed by atoms with E-state index in [1.807, 2.05) is 0 Å². The maximum atomic E-state index is 11.7. The second-order valence-corrected chi connectivity index (χ2v) is 6.48. The first kappa shape index (κ1) is 15.0. The summed E-state index contributed by atoms with van der Waals surface area (Å²) in [5, 5.41) is 5.33. The molecular weight excluding hydrogens is 290 g/mol. The molecule has 0 radical (unpaired) electrons. The van der Waals surface area contributed by atoms with Crippen molar-refractivity contribution in [1.82, 2.24) is 10.3 Å². The third-order valence-electron chi connectivity index (χ3n) is 2.74. The van der Waals surface area contributed by atoms with Crippen LogP contribution in [0.4, 0.5) is 10.5 Å². The first-order chi connectivity index (χ1) is 9.95. The third kappa shape index (κ3) is 4.57. The molecular formula is C14H15N3O3S. The summed E-state index contributed by atoms with van der Waals surface area (Å²) in [6.45, 7) is 0.385. The standard InChI is InChI=1S/C14H15N3O3S/c1-21(19,20)13-4-2-12(3-5-13)17-14(18)16-10-11-6-8-15-9-7-11/h2-9H,10H2,1H3,(H2,16,17,18). The molecule has 2 N–H and O–H groups in total. The second kappa shape index (κ2) is 6.36. The van der Waals surface area contributed by atoms with Crippen LogP contribution in [0.1, 0.15) is 5.56 Å². The number of nitrogens with zero attached hydrogens (tertiary/aromatic N) is 1. The monoisotopic (exact) mass is 305 g/mol. The number of hydrogen-bond acceptors (Lipinski definition) is 4. The zero-order chi connectivity index (χ0) is 15.3. The van der Waals surface area contributed by atoms with Gasteiger partial charge in [0.15, 0.2) is 9.84 Å². The molecule has 0 spiro atoms. The minimum absolute atomic E-state index is 0.213. The van der Waals surface area contributed by atoms with E-state index in [4.69, 9.17) is 0 Å². The summed E-state index contributed by atoms with van der Waals surface area (Å²) in [6.07, 6.45) is 4.44. The Morgan fingerprint density at radius 2 is 1.71 bits per heavy atom. The zero-order valence-corrected chi connectivity index (χ0v) is 12.2. The van der Waals surface area contributed by atoms with Gasteiger partial charge in [0.05, 0.1) is 4.90 Å². The van der Waals surface area contributed by atoms with Crippen LogP contribution < -0.4 is 10.6 Å². The molecule has 0 aliphatic rings. The van der Waals surface area contributed by atoms with E-state index in [1.165, 1.54) is 12.1 Å². The van der Waals surface area contributed by atoms with Crippen molar-refractivity contribution in [3.05, 3.63) is 54.4 Å². The van der Waals surface area contributed by atoms with E-state index in [0.717, 1.165) is 11.8 Å². The topological polar surface area (TPSA) is 88.2 Å². The fourth-order valence-corrected chi connectivity index (χ4v) is 2.27. The molecule has 0 unspecified atom stereocenters. The Labute approximate surface area is 123 Å². The highest BCUT2D eigenvalue weighted by Crippen LogP contribution is 2.13. The maximum Gasteiger partial charge on any atom is 0.319 e. The number of benzene rings is 1. The van der Waals surface area contributed by atoms with E-state index in [-0.39, 0.29) is 10.9 Å². The maximum absolute atomic E-state index is 11.7. The fraction of sp³-hybridized carbons (Fsp3) is 0.143. The van der Waals surface area contributed by atoms with Crippen LogP contribution in [-0.2, 0) is 16.4 Å². The molecule has 6 nitrogen and oxygen atoms in total. The minimum atomic E-state index is -3.23. The van der Waals surface area contributed by atoms with Crippen molar-refractivity contribution in [1.29, 1.82) is 0 Å². The van der Waals surface area contributed by atoms with Gasteiger partial charge in [-0.2, -0.15) is 0 Å². The Bertz CT molecular complexity index is 713. The van der Waals surface area contributed by atoms with Gasteiger partial charge in [0, 0.05) is 30.9 Å². The van der Waals surface area contributed by atoms with E-state index in [9.17, 15) is 13.2 Å². The summed E-state index contributed by atoms with van der Waals surface area (Å²) in [5.41, 5.74) is 1.46. The van der Waals surface area contributed by atoms with Gasteiger partial charge in [-0.05, 0) is 42.0 Å². The largest absolute Gasteiger partial charge is 0.334 e. The van der Waals surface area contributed by atoms with Gasteiger partial charge >= 0.3 is 6.03 Å². The van der Waals surface area contributed by atoms with E-state index < -0.39 is 9.84 Å². The van der Waals surface area contributed by atoms with Gasteiger partial charge < -0.3 is 10.6 Å². The average molecular weight is 305 g/mol. The number of carbonyl (C=O) groups is 1. The fourth-order valence-electron chi connectivity index (χ4n) is 1.64. The Morgan fingerprint density at radius 1 is 1.10 bits per heavy atom. The minimum Gasteiger partial charge on any atom is -0.334 e. The van der Waals surface area contributed by atoms with Gasteiger partial charge in [-0.1, -0.05) is 0 Å². The smallest absolute Gasteiger partial charge is 0.319 e. The lowest BCUT2D eigenvalue weighted by Crippen LogP contribution is -2.28. The molecule has 2 amide bonds. The van der Waals surface area contributed by atoms with Crippen molar-refractivity contribution in [2.75, 3.05) is 11.6 Å². The van der Waals surface area contributed by atoms with Gasteiger partial charge in [0.25, 0.3) is 0 Å². The van der Waals surface area contributed by atoms with Gasteiger partial charge in [0.1, 0.15) is 0 Å². The van der Waals surface area contributed by atoms with Gasteiger partial charge in [0.2, 0.25) is 0 Å². The van der Waals surface area contributed by atoms with E-state index in [1.54, 1.807) is 36.7 Å². The number of hydrogen-bond donors (Lipinski definition) is 2. The number of sulfone groups is 1.